The molecule has 4 atom stereocenters. The molecule has 1 aliphatic heterocycles. The largest absolute Gasteiger partial charge is 0.330 e. The number of piperidine rings is 1. The molecule has 0 aromatic heterocycles. The highest BCUT2D eigenvalue weighted by molar-refractivity contribution is 7.99. The number of allylic oxidation sites excluding steroid dienone is 1. The number of hydrogen-bond donors (Lipinski definition) is 0. The number of hydrogen-bond acceptors (Lipinski definition) is 2. The molecule has 0 N–H and O–H groups in total. The van der Waals surface area contributed by atoms with Crippen LogP contribution in [-0.4, -0.2) is 27.9 Å². The van der Waals surface area contributed by atoms with Crippen molar-refractivity contribution in [3.05, 3.63) is 82.4 Å². The summed E-state index contributed by atoms with van der Waals surface area (Å²) < 4.78 is 0. The molecular weight excluding hydrogens is 481 g/mol. The predicted molar refractivity (Wildman–Crippen MR) is 149 cm³/mol. The number of benzene rings is 2. The van der Waals surface area contributed by atoms with Crippen molar-refractivity contribution in [3.63, 3.8) is 0 Å². The van der Waals surface area contributed by atoms with Crippen LogP contribution in [0.2, 0.25) is 10.0 Å². The van der Waals surface area contributed by atoms with Crippen LogP contribution >= 0.6 is 35.0 Å². The summed E-state index contributed by atoms with van der Waals surface area (Å²) in [6.07, 6.45) is 3.28. The molecule has 0 radical (unpaired) electrons. The third-order valence-corrected chi connectivity index (χ3v) is 8.60. The lowest BCUT2D eigenvalue weighted by Gasteiger charge is -2.53. The zero-order valence-electron chi connectivity index (χ0n) is 20.9. The fraction of sp³-hybridized carbons (Fsp3) is 0.483. The predicted octanol–water partition coefficient (Wildman–Crippen LogP) is 8.80. The summed E-state index contributed by atoms with van der Waals surface area (Å²) >= 11 is 14.6. The van der Waals surface area contributed by atoms with E-state index in [0.717, 1.165) is 22.8 Å². The maximum absolute atomic E-state index is 14.3. The summed E-state index contributed by atoms with van der Waals surface area (Å²) in [5, 5.41) is 1.92. The first kappa shape index (κ1) is 27.2. The number of nitrogens with zero attached hydrogens (tertiary/aromatic N) is 1. The van der Waals surface area contributed by atoms with Crippen LogP contribution < -0.4 is 0 Å². The normalized spacial score (nSPS) is 24.0. The van der Waals surface area contributed by atoms with Crippen LogP contribution in [0.3, 0.4) is 0 Å². The van der Waals surface area contributed by atoms with E-state index in [0.29, 0.717) is 22.6 Å². The molecule has 3 rings (SSSR count). The zero-order valence-corrected chi connectivity index (χ0v) is 23.3. The van der Waals surface area contributed by atoms with Gasteiger partial charge in [-0.1, -0.05) is 88.2 Å². The summed E-state index contributed by atoms with van der Waals surface area (Å²) in [6.45, 7) is 15.0. The van der Waals surface area contributed by atoms with Crippen LogP contribution in [0.5, 0.6) is 0 Å². The van der Waals surface area contributed by atoms with E-state index in [1.165, 1.54) is 5.56 Å². The second-order valence-corrected chi connectivity index (χ2v) is 12.8. The van der Waals surface area contributed by atoms with Crippen molar-refractivity contribution in [3.8, 4) is 0 Å². The minimum atomic E-state index is -0.521. The van der Waals surface area contributed by atoms with E-state index in [-0.39, 0.29) is 23.9 Å². The molecule has 1 fully saturated rings. The minimum absolute atomic E-state index is 0.0960. The van der Waals surface area contributed by atoms with E-state index in [2.05, 4.69) is 70.4 Å². The van der Waals surface area contributed by atoms with Gasteiger partial charge < -0.3 is 4.90 Å². The molecule has 2 aromatic rings. The zero-order chi connectivity index (χ0) is 25.0. The Balaban J connectivity index is 2.22. The van der Waals surface area contributed by atoms with Gasteiger partial charge in [0, 0.05) is 27.8 Å². The first-order valence-electron chi connectivity index (χ1n) is 12.1. The van der Waals surface area contributed by atoms with E-state index >= 15 is 0 Å². The fourth-order valence-electron chi connectivity index (χ4n) is 5.14. The van der Waals surface area contributed by atoms with Crippen LogP contribution in [-0.2, 0) is 4.79 Å². The quantitative estimate of drug-likeness (QED) is 0.309. The van der Waals surface area contributed by atoms with Crippen LogP contribution in [0.15, 0.2) is 61.2 Å². The molecule has 0 spiro atoms. The van der Waals surface area contributed by atoms with Gasteiger partial charge >= 0.3 is 0 Å². The van der Waals surface area contributed by atoms with Gasteiger partial charge in [-0.05, 0) is 59.4 Å². The van der Waals surface area contributed by atoms with Crippen molar-refractivity contribution < 1.29 is 4.79 Å². The van der Waals surface area contributed by atoms with Crippen molar-refractivity contribution in [2.45, 2.75) is 70.7 Å². The Labute approximate surface area is 220 Å². The summed E-state index contributed by atoms with van der Waals surface area (Å²) in [5.41, 5.74) is 1.76. The molecule has 0 aliphatic carbocycles. The average Bonchev–Trinajstić information content (AvgIpc) is 2.77. The molecule has 2 aromatic carbocycles. The van der Waals surface area contributed by atoms with Gasteiger partial charge in [-0.2, -0.15) is 11.8 Å². The summed E-state index contributed by atoms with van der Waals surface area (Å²) in [6, 6.07) is 16.2. The van der Waals surface area contributed by atoms with Crippen LogP contribution in [0.4, 0.5) is 0 Å². The lowest BCUT2D eigenvalue weighted by Crippen LogP contribution is -2.57. The maximum atomic E-state index is 14.3. The van der Waals surface area contributed by atoms with Crippen molar-refractivity contribution in [2.75, 3.05) is 5.75 Å². The number of thioether (sulfide) groups is 1. The highest BCUT2D eigenvalue weighted by atomic mass is 35.5. The number of carbonyl (C=O) groups excluding carboxylic acids is 1. The molecule has 0 saturated carbocycles. The van der Waals surface area contributed by atoms with Gasteiger partial charge in [0.15, 0.2) is 0 Å². The Kier molecular flexibility index (Phi) is 9.23. The molecule has 34 heavy (non-hydrogen) atoms. The number of rotatable bonds is 9. The molecule has 1 aliphatic rings. The van der Waals surface area contributed by atoms with Gasteiger partial charge in [-0.3, -0.25) is 4.79 Å². The summed E-state index contributed by atoms with van der Waals surface area (Å²) in [5.74, 6) is 1.54. The molecule has 2 nitrogen and oxygen atoms in total. The third kappa shape index (κ3) is 6.04. The molecule has 1 unspecified atom stereocenters. The van der Waals surface area contributed by atoms with Crippen molar-refractivity contribution in [1.29, 1.82) is 0 Å². The monoisotopic (exact) mass is 517 g/mol. The van der Waals surface area contributed by atoms with Gasteiger partial charge in [0.05, 0.1) is 11.5 Å². The summed E-state index contributed by atoms with van der Waals surface area (Å²) in [7, 11) is 0. The molecule has 0 bridgehead atoms. The number of likely N-dealkylation sites (tertiary alicyclic amines) is 1. The molecule has 1 amide bonds. The first-order valence-corrected chi connectivity index (χ1v) is 13.9. The van der Waals surface area contributed by atoms with E-state index in [1.54, 1.807) is 0 Å². The van der Waals surface area contributed by atoms with Crippen LogP contribution in [0.25, 0.3) is 0 Å². The fourth-order valence-corrected chi connectivity index (χ4v) is 6.59. The Bertz CT molecular complexity index is 990. The topological polar surface area (TPSA) is 20.3 Å². The molecule has 1 heterocycles. The number of carbonyl (C=O) groups is 1. The number of halogens is 2. The smallest absolute Gasteiger partial charge is 0.229 e. The lowest BCUT2D eigenvalue weighted by molar-refractivity contribution is -0.155. The Hall–Kier alpha value is -1.42. The van der Waals surface area contributed by atoms with Gasteiger partial charge in [0.1, 0.15) is 0 Å². The van der Waals surface area contributed by atoms with E-state index in [9.17, 15) is 4.79 Å². The SMILES string of the molecule is C=CC[C@@]1(C)C[C@H](c2cccc(Cl)c2)[C@@H](c2ccc(Cl)cc2)N(C(CSC(C)C)C(C)C)C1=O. The Morgan fingerprint density at radius 1 is 1.09 bits per heavy atom. The van der Waals surface area contributed by atoms with Gasteiger partial charge in [0.2, 0.25) is 5.91 Å². The van der Waals surface area contributed by atoms with Crippen LogP contribution in [0, 0.1) is 11.3 Å². The van der Waals surface area contributed by atoms with E-state index in [1.807, 2.05) is 42.1 Å². The number of amides is 1. The minimum Gasteiger partial charge on any atom is -0.330 e. The summed E-state index contributed by atoms with van der Waals surface area (Å²) in [4.78, 5) is 16.5. The third-order valence-electron chi connectivity index (χ3n) is 6.91. The standard InChI is InChI=1S/C29H37Cl2NOS/c1-7-15-29(6)17-25(22-9-8-10-24(31)16-22)27(21-11-13-23(30)14-12-21)32(28(29)33)26(19(2)3)18-34-20(4)5/h7-14,16,19-20,25-27H,1,15,17-18H2,2-6H3/t25-,26?,27-,29+/m1/s1. The molecule has 5 heteroatoms. The second kappa shape index (κ2) is 11.5. The first-order chi connectivity index (χ1) is 16.1. The van der Waals surface area contributed by atoms with Crippen molar-refractivity contribution >= 4 is 40.9 Å². The highest BCUT2D eigenvalue weighted by Gasteiger charge is 2.51. The van der Waals surface area contributed by atoms with Crippen LogP contribution in [0.1, 0.15) is 70.5 Å². The van der Waals surface area contributed by atoms with E-state index in [4.69, 9.17) is 23.2 Å². The van der Waals surface area contributed by atoms with Gasteiger partial charge in [-0.25, -0.2) is 0 Å². The van der Waals surface area contributed by atoms with Gasteiger partial charge in [0.25, 0.3) is 0 Å². The van der Waals surface area contributed by atoms with Gasteiger partial charge in [-0.15, -0.1) is 6.58 Å². The molecular formula is C29H37Cl2NOS. The van der Waals surface area contributed by atoms with Crippen molar-refractivity contribution in [2.24, 2.45) is 11.3 Å². The molecule has 184 valence electrons. The Morgan fingerprint density at radius 2 is 1.76 bits per heavy atom. The van der Waals surface area contributed by atoms with E-state index < -0.39 is 5.41 Å². The average molecular weight is 519 g/mol. The Morgan fingerprint density at radius 3 is 2.32 bits per heavy atom. The highest BCUT2D eigenvalue weighted by Crippen LogP contribution is 2.52. The van der Waals surface area contributed by atoms with Crippen molar-refractivity contribution in [1.82, 2.24) is 4.90 Å². The lowest BCUT2D eigenvalue weighted by atomic mass is 9.67. The second-order valence-electron chi connectivity index (χ2n) is 10.3. The maximum Gasteiger partial charge on any atom is 0.229 e. The molecule has 1 saturated heterocycles.